The average Bonchev–Trinajstić information content (AvgIpc) is 3.86. The predicted octanol–water partition coefficient (Wildman–Crippen LogP) is 7.58. The topological polar surface area (TPSA) is 94.2 Å². The fourth-order valence-electron chi connectivity index (χ4n) is 5.84. The number of nitrogens with zero attached hydrogens (tertiary/aromatic N) is 5. The van der Waals surface area contributed by atoms with Crippen LogP contribution >= 0.6 is 0 Å². The van der Waals surface area contributed by atoms with E-state index in [1.165, 1.54) is 11.1 Å². The molecular weight excluding hydrogens is 556 g/mol. The number of nitrogens with one attached hydrogen (secondary N) is 3. The van der Waals surface area contributed by atoms with Crippen LogP contribution in [0.5, 0.6) is 0 Å². The lowest BCUT2D eigenvalue weighted by atomic mass is 9.98. The summed E-state index contributed by atoms with van der Waals surface area (Å²) in [6, 6.07) is 35.5. The van der Waals surface area contributed by atoms with Crippen molar-refractivity contribution in [3.05, 3.63) is 155 Å². The van der Waals surface area contributed by atoms with Gasteiger partial charge in [0.25, 0.3) is 0 Å². The van der Waals surface area contributed by atoms with E-state index in [1.807, 2.05) is 42.5 Å². The Morgan fingerprint density at radius 1 is 0.467 bits per heavy atom. The lowest BCUT2D eigenvalue weighted by Gasteiger charge is -2.11. The number of rotatable bonds is 6. The van der Waals surface area contributed by atoms with Gasteiger partial charge in [-0.25, -0.2) is 20.0 Å². The van der Waals surface area contributed by atoms with Gasteiger partial charge in [-0.3, -0.25) is 0 Å². The molecule has 0 amide bonds. The monoisotopic (exact) mass is 586 g/mol. The molecule has 3 aliphatic heterocycles. The third-order valence-corrected chi connectivity index (χ3v) is 7.95. The van der Waals surface area contributed by atoms with Crippen molar-refractivity contribution in [2.24, 2.45) is 20.0 Å². The van der Waals surface area contributed by atoms with Crippen molar-refractivity contribution in [1.29, 1.82) is 0 Å². The van der Waals surface area contributed by atoms with Crippen LogP contribution in [0.15, 0.2) is 147 Å². The minimum absolute atomic E-state index is 0.594. The number of aromatic nitrogens is 2. The summed E-state index contributed by atoms with van der Waals surface area (Å²) in [5, 5.41) is 6.73. The molecule has 8 rings (SSSR count). The van der Waals surface area contributed by atoms with Crippen molar-refractivity contribution in [3.8, 4) is 0 Å². The second-order valence-corrected chi connectivity index (χ2v) is 11.1. The number of amidine groups is 4. The Labute approximate surface area is 261 Å². The van der Waals surface area contributed by atoms with Gasteiger partial charge in [-0.05, 0) is 53.1 Å². The second-order valence-electron chi connectivity index (χ2n) is 11.1. The normalized spacial score (nSPS) is 14.8. The van der Waals surface area contributed by atoms with Crippen LogP contribution in [0.3, 0.4) is 0 Å². The molecule has 45 heavy (non-hydrogen) atoms. The maximum Gasteiger partial charge on any atom is 0.156 e. The van der Waals surface area contributed by atoms with Crippen LogP contribution in [0.1, 0.15) is 27.8 Å². The number of benzene rings is 3. The van der Waals surface area contributed by atoms with Gasteiger partial charge in [0.2, 0.25) is 0 Å². The smallest absolute Gasteiger partial charge is 0.156 e. The van der Waals surface area contributed by atoms with Crippen molar-refractivity contribution in [2.45, 2.75) is 19.4 Å². The van der Waals surface area contributed by atoms with Crippen LogP contribution in [-0.2, 0) is 19.4 Å². The van der Waals surface area contributed by atoms with Gasteiger partial charge >= 0.3 is 0 Å². The number of hydrogen-bond donors (Lipinski definition) is 3. The molecular formula is C37H30N8. The minimum atomic E-state index is 0.594. The second kappa shape index (κ2) is 11.6. The van der Waals surface area contributed by atoms with Gasteiger partial charge in [-0.2, -0.15) is 0 Å². The van der Waals surface area contributed by atoms with Crippen LogP contribution in [0.2, 0.25) is 0 Å². The Bertz CT molecular complexity index is 1930. The Kier molecular flexibility index (Phi) is 6.84. The number of fused-ring (bicyclic) bond motifs is 6. The summed E-state index contributed by atoms with van der Waals surface area (Å²) in [6.07, 6.45) is 9.20. The van der Waals surface area contributed by atoms with Crippen LogP contribution in [0.25, 0.3) is 0 Å². The molecule has 5 heterocycles. The number of aromatic amines is 1. The van der Waals surface area contributed by atoms with E-state index in [1.54, 1.807) is 0 Å². The van der Waals surface area contributed by atoms with Crippen molar-refractivity contribution < 1.29 is 0 Å². The van der Waals surface area contributed by atoms with E-state index in [2.05, 4.69) is 105 Å². The van der Waals surface area contributed by atoms with Crippen molar-refractivity contribution in [1.82, 2.24) is 9.55 Å². The van der Waals surface area contributed by atoms with Crippen molar-refractivity contribution in [2.75, 3.05) is 10.6 Å². The summed E-state index contributed by atoms with van der Waals surface area (Å²) in [5.74, 6) is 5.99. The minimum Gasteiger partial charge on any atom is -0.328 e. The molecule has 0 atom stereocenters. The van der Waals surface area contributed by atoms with Crippen LogP contribution in [0, 0.1) is 0 Å². The molecule has 0 saturated carbocycles. The van der Waals surface area contributed by atoms with Crippen molar-refractivity contribution in [3.63, 3.8) is 0 Å². The first-order valence-corrected chi connectivity index (χ1v) is 15.0. The fourth-order valence-corrected chi connectivity index (χ4v) is 5.84. The predicted molar refractivity (Wildman–Crippen MR) is 184 cm³/mol. The van der Waals surface area contributed by atoms with Gasteiger partial charge in [0.15, 0.2) is 11.7 Å². The highest BCUT2D eigenvalue weighted by Gasteiger charge is 2.25. The Morgan fingerprint density at radius 2 is 0.911 bits per heavy atom. The Morgan fingerprint density at radius 3 is 1.38 bits per heavy atom. The van der Waals surface area contributed by atoms with E-state index in [0.717, 1.165) is 40.0 Å². The molecule has 0 saturated heterocycles. The molecule has 218 valence electrons. The highest BCUT2D eigenvalue weighted by Crippen LogP contribution is 2.40. The largest absolute Gasteiger partial charge is 0.328 e. The zero-order chi connectivity index (χ0) is 30.0. The summed E-state index contributed by atoms with van der Waals surface area (Å²) >= 11 is 0. The van der Waals surface area contributed by atoms with Gasteiger partial charge in [0.1, 0.15) is 34.9 Å². The lowest BCUT2D eigenvalue weighted by molar-refractivity contribution is 0.805. The average molecular weight is 587 g/mol. The highest BCUT2D eigenvalue weighted by molar-refractivity contribution is 6.20. The molecule has 8 heteroatoms. The molecule has 0 unspecified atom stereocenters. The number of aliphatic imine (C=N–C) groups is 4. The van der Waals surface area contributed by atoms with E-state index >= 15 is 0 Å². The van der Waals surface area contributed by atoms with Crippen molar-refractivity contribution >= 4 is 46.6 Å². The standard InChI is InChI=1S/C37H30N8/c1-4-10-25(11-5-1)22-28-29(23-26-12-6-2-7-13-26)37-44-35-21-19-33(42-35)40-31-17-16-30(38-31)39-32-18-20-34(41-32)43-36(28)45(37)24-27-14-8-3-9-15-27/h1-21H,22-24H2,(H3,38,39,40,41,42,43,44). The molecule has 0 fully saturated rings. The molecule has 0 aliphatic carbocycles. The Balaban J connectivity index is 1.39. The molecule has 3 aromatic carbocycles. The van der Waals surface area contributed by atoms with Gasteiger partial charge in [-0.15, -0.1) is 0 Å². The first-order valence-electron chi connectivity index (χ1n) is 15.0. The van der Waals surface area contributed by atoms with E-state index in [-0.39, 0.29) is 0 Å². The van der Waals surface area contributed by atoms with Gasteiger partial charge in [-0.1, -0.05) is 91.0 Å². The number of hydrogen-bond acceptors (Lipinski definition) is 6. The molecule has 5 aromatic rings. The van der Waals surface area contributed by atoms with E-state index in [4.69, 9.17) is 20.0 Å². The number of anilines is 2. The molecule has 8 nitrogen and oxygen atoms in total. The van der Waals surface area contributed by atoms with Crippen LogP contribution in [0.4, 0.5) is 23.3 Å². The van der Waals surface area contributed by atoms with E-state index in [0.29, 0.717) is 42.7 Å². The first-order chi connectivity index (χ1) is 22.2. The zero-order valence-electron chi connectivity index (χ0n) is 24.5. The summed E-state index contributed by atoms with van der Waals surface area (Å²) in [7, 11) is 0. The molecule has 2 aromatic heterocycles. The fraction of sp³-hybridized carbons (Fsp3) is 0.0811. The third-order valence-electron chi connectivity index (χ3n) is 7.95. The van der Waals surface area contributed by atoms with Crippen LogP contribution in [-0.4, -0.2) is 32.9 Å². The van der Waals surface area contributed by atoms with E-state index < -0.39 is 0 Å². The zero-order valence-corrected chi connectivity index (χ0v) is 24.5. The molecule has 3 aliphatic rings. The maximum absolute atomic E-state index is 5.27. The van der Waals surface area contributed by atoms with E-state index in [9.17, 15) is 0 Å². The lowest BCUT2D eigenvalue weighted by Crippen LogP contribution is -2.09. The summed E-state index contributed by atoms with van der Waals surface area (Å²) in [5.41, 5.74) is 5.82. The van der Waals surface area contributed by atoms with Gasteiger partial charge in [0, 0.05) is 24.0 Å². The quantitative estimate of drug-likeness (QED) is 0.191. The summed E-state index contributed by atoms with van der Waals surface area (Å²) < 4.78 is 2.23. The molecule has 8 bridgehead atoms. The SMILES string of the molecule is C1=CC2=NC1=Nc1c(Cc3ccccc3)c(Cc3ccccc3)c(n1Cc1ccccc1)N=C1C=CC(=N1)Nc1ccc([nH]1)N2. The van der Waals surface area contributed by atoms with Crippen LogP contribution < -0.4 is 10.6 Å². The van der Waals surface area contributed by atoms with Gasteiger partial charge in [0.05, 0.1) is 6.54 Å². The first kappa shape index (κ1) is 26.6. The Hall–Kier alpha value is -6.02. The molecule has 0 radical (unpaired) electrons. The molecule has 0 spiro atoms. The van der Waals surface area contributed by atoms with Gasteiger partial charge < -0.3 is 20.2 Å². The third kappa shape index (κ3) is 5.69. The summed E-state index contributed by atoms with van der Waals surface area (Å²) in [4.78, 5) is 23.6. The summed E-state index contributed by atoms with van der Waals surface area (Å²) in [6.45, 7) is 0.594. The number of H-pyrrole nitrogens is 1. The highest BCUT2D eigenvalue weighted by atomic mass is 15.2. The molecule has 3 N–H and O–H groups in total. The maximum atomic E-state index is 5.27.